The van der Waals surface area contributed by atoms with Crippen LogP contribution in [-0.2, 0) is 0 Å². The summed E-state index contributed by atoms with van der Waals surface area (Å²) in [6.07, 6.45) is 0. The summed E-state index contributed by atoms with van der Waals surface area (Å²) in [5.41, 5.74) is 2.19. The lowest BCUT2D eigenvalue weighted by atomic mass is 10.1. The number of nitrogens with zero attached hydrogens (tertiary/aromatic N) is 1. The molecule has 0 amide bonds. The summed E-state index contributed by atoms with van der Waals surface area (Å²) in [4.78, 5) is 19.0. The fourth-order valence-corrected chi connectivity index (χ4v) is 2.10. The highest BCUT2D eigenvalue weighted by Gasteiger charge is 2.04. The van der Waals surface area contributed by atoms with Crippen molar-refractivity contribution in [3.05, 3.63) is 51.4 Å². The molecule has 1 N–H and O–H groups in total. The molecule has 0 radical (unpaired) electrons. The normalized spacial score (nSPS) is 11.2. The van der Waals surface area contributed by atoms with Crippen molar-refractivity contribution in [2.75, 3.05) is 0 Å². The molecule has 84 valence electrons. The van der Waals surface area contributed by atoms with Crippen molar-refractivity contribution in [3.8, 4) is 0 Å². The first-order valence-corrected chi connectivity index (χ1v) is 5.61. The van der Waals surface area contributed by atoms with E-state index in [1.54, 1.807) is 12.1 Å². The number of halogens is 1. The Morgan fingerprint density at radius 3 is 2.82 bits per heavy atom. The second-order valence-corrected chi connectivity index (χ2v) is 4.48. The lowest BCUT2D eigenvalue weighted by molar-refractivity contribution is 1.16. The molecule has 3 aromatic rings. The van der Waals surface area contributed by atoms with Gasteiger partial charge in [-0.15, -0.1) is 0 Å². The van der Waals surface area contributed by atoms with Crippen LogP contribution in [0.25, 0.3) is 21.8 Å². The van der Waals surface area contributed by atoms with Gasteiger partial charge in [0.2, 0.25) is 0 Å². The van der Waals surface area contributed by atoms with Crippen LogP contribution in [0.1, 0.15) is 5.69 Å². The summed E-state index contributed by atoms with van der Waals surface area (Å²) in [5, 5.41) is 2.16. The molecule has 3 nitrogen and oxygen atoms in total. The number of hydrogen-bond donors (Lipinski definition) is 1. The number of rotatable bonds is 0. The van der Waals surface area contributed by atoms with Crippen molar-refractivity contribution < 1.29 is 0 Å². The number of H-pyrrole nitrogens is 1. The molecule has 0 spiro atoms. The third kappa shape index (κ3) is 1.68. The maximum absolute atomic E-state index is 11.8. The minimum absolute atomic E-state index is 0.107. The second-order valence-electron chi connectivity index (χ2n) is 4.04. The number of aromatic amines is 1. The SMILES string of the molecule is Cc1cc2nc3cc(Cl)ccc3cc2c(=O)[nH]1. The van der Waals surface area contributed by atoms with Gasteiger partial charge in [0.1, 0.15) is 0 Å². The van der Waals surface area contributed by atoms with Crippen LogP contribution in [0, 0.1) is 6.92 Å². The molecule has 3 rings (SSSR count). The Balaban J connectivity index is 2.52. The van der Waals surface area contributed by atoms with Crippen LogP contribution in [0.4, 0.5) is 0 Å². The minimum Gasteiger partial charge on any atom is -0.326 e. The zero-order valence-corrected chi connectivity index (χ0v) is 9.88. The highest BCUT2D eigenvalue weighted by atomic mass is 35.5. The van der Waals surface area contributed by atoms with Gasteiger partial charge in [0.05, 0.1) is 16.4 Å². The summed E-state index contributed by atoms with van der Waals surface area (Å²) < 4.78 is 0. The van der Waals surface area contributed by atoms with E-state index in [9.17, 15) is 4.79 Å². The van der Waals surface area contributed by atoms with E-state index < -0.39 is 0 Å². The van der Waals surface area contributed by atoms with Gasteiger partial charge in [0, 0.05) is 16.1 Å². The molecular weight excluding hydrogens is 236 g/mol. The molecule has 0 fully saturated rings. The molecule has 0 saturated heterocycles. The van der Waals surface area contributed by atoms with E-state index in [0.717, 1.165) is 16.6 Å². The third-order valence-electron chi connectivity index (χ3n) is 2.72. The van der Waals surface area contributed by atoms with Crippen molar-refractivity contribution in [3.63, 3.8) is 0 Å². The zero-order valence-electron chi connectivity index (χ0n) is 9.12. The smallest absolute Gasteiger partial charge is 0.257 e. The topological polar surface area (TPSA) is 45.8 Å². The number of aryl methyl sites for hydroxylation is 1. The molecule has 0 unspecified atom stereocenters. The van der Waals surface area contributed by atoms with Crippen LogP contribution in [0.5, 0.6) is 0 Å². The maximum atomic E-state index is 11.8. The number of aromatic nitrogens is 2. The summed E-state index contributed by atoms with van der Waals surface area (Å²) in [5.74, 6) is 0. The first-order valence-electron chi connectivity index (χ1n) is 5.23. The van der Waals surface area contributed by atoms with Gasteiger partial charge < -0.3 is 4.98 Å². The number of benzene rings is 1. The van der Waals surface area contributed by atoms with Crippen LogP contribution in [-0.4, -0.2) is 9.97 Å². The highest BCUT2D eigenvalue weighted by molar-refractivity contribution is 6.31. The molecular formula is C13H9ClN2O. The van der Waals surface area contributed by atoms with Gasteiger partial charge in [-0.3, -0.25) is 4.79 Å². The van der Waals surface area contributed by atoms with Crippen molar-refractivity contribution >= 4 is 33.4 Å². The fraction of sp³-hybridized carbons (Fsp3) is 0.0769. The molecule has 0 aliphatic carbocycles. The molecule has 0 atom stereocenters. The largest absolute Gasteiger partial charge is 0.326 e. The molecule has 4 heteroatoms. The average Bonchev–Trinajstić information content (AvgIpc) is 2.26. The van der Waals surface area contributed by atoms with E-state index in [2.05, 4.69) is 9.97 Å². The Labute approximate surface area is 102 Å². The number of fused-ring (bicyclic) bond motifs is 2. The molecule has 17 heavy (non-hydrogen) atoms. The number of pyridine rings is 2. The Hall–Kier alpha value is -1.87. The standard InChI is InChI=1S/C13H9ClN2O/c1-7-4-12-10(13(17)15-7)5-8-2-3-9(14)6-11(8)16-12/h2-6H,1H3,(H,15,17). The number of nitrogens with one attached hydrogen (secondary N) is 1. The van der Waals surface area contributed by atoms with Crippen LogP contribution >= 0.6 is 11.6 Å². The van der Waals surface area contributed by atoms with E-state index in [1.807, 2.05) is 25.1 Å². The van der Waals surface area contributed by atoms with Gasteiger partial charge in [-0.1, -0.05) is 17.7 Å². The Bertz CT molecular complexity index is 792. The Morgan fingerprint density at radius 1 is 1.18 bits per heavy atom. The third-order valence-corrected chi connectivity index (χ3v) is 2.95. The summed E-state index contributed by atoms with van der Waals surface area (Å²) in [7, 11) is 0. The molecule has 2 aromatic heterocycles. The average molecular weight is 245 g/mol. The second kappa shape index (κ2) is 3.57. The van der Waals surface area contributed by atoms with Crippen molar-refractivity contribution in [2.45, 2.75) is 6.92 Å². The van der Waals surface area contributed by atoms with Crippen LogP contribution < -0.4 is 5.56 Å². The predicted molar refractivity (Wildman–Crippen MR) is 69.6 cm³/mol. The first-order chi connectivity index (χ1) is 8.13. The molecule has 1 aromatic carbocycles. The van der Waals surface area contributed by atoms with Gasteiger partial charge in [-0.2, -0.15) is 0 Å². The number of hydrogen-bond acceptors (Lipinski definition) is 2. The van der Waals surface area contributed by atoms with E-state index in [1.165, 1.54) is 0 Å². The van der Waals surface area contributed by atoms with Crippen molar-refractivity contribution in [1.29, 1.82) is 0 Å². The minimum atomic E-state index is -0.107. The van der Waals surface area contributed by atoms with Crippen molar-refractivity contribution in [1.82, 2.24) is 9.97 Å². The predicted octanol–water partition coefficient (Wildman–Crippen LogP) is 3.04. The van der Waals surface area contributed by atoms with E-state index >= 15 is 0 Å². The van der Waals surface area contributed by atoms with Crippen LogP contribution in [0.2, 0.25) is 5.02 Å². The molecule has 0 saturated carbocycles. The molecule has 0 bridgehead atoms. The van der Waals surface area contributed by atoms with E-state index in [4.69, 9.17) is 11.6 Å². The summed E-state index contributed by atoms with van der Waals surface area (Å²) in [6, 6.07) is 9.15. The highest BCUT2D eigenvalue weighted by Crippen LogP contribution is 2.20. The van der Waals surface area contributed by atoms with Crippen LogP contribution in [0.3, 0.4) is 0 Å². The van der Waals surface area contributed by atoms with Gasteiger partial charge >= 0.3 is 0 Å². The van der Waals surface area contributed by atoms with Crippen LogP contribution in [0.15, 0.2) is 35.1 Å². The summed E-state index contributed by atoms with van der Waals surface area (Å²) >= 11 is 5.92. The van der Waals surface area contributed by atoms with Gasteiger partial charge in [0.25, 0.3) is 5.56 Å². The quantitative estimate of drug-likeness (QED) is 0.618. The van der Waals surface area contributed by atoms with E-state index in [-0.39, 0.29) is 5.56 Å². The Kier molecular flexibility index (Phi) is 2.16. The lowest BCUT2D eigenvalue weighted by Gasteiger charge is -2.02. The van der Waals surface area contributed by atoms with Gasteiger partial charge in [-0.05, 0) is 31.2 Å². The Morgan fingerprint density at radius 2 is 2.00 bits per heavy atom. The maximum Gasteiger partial charge on any atom is 0.257 e. The van der Waals surface area contributed by atoms with Crippen molar-refractivity contribution in [2.24, 2.45) is 0 Å². The lowest BCUT2D eigenvalue weighted by Crippen LogP contribution is -2.07. The van der Waals surface area contributed by atoms with Gasteiger partial charge in [0.15, 0.2) is 0 Å². The van der Waals surface area contributed by atoms with Gasteiger partial charge in [-0.25, -0.2) is 4.98 Å². The molecule has 0 aliphatic heterocycles. The molecule has 2 heterocycles. The first kappa shape index (κ1) is 10.3. The fourth-order valence-electron chi connectivity index (χ4n) is 1.93. The summed E-state index contributed by atoms with van der Waals surface area (Å²) in [6.45, 7) is 1.84. The zero-order chi connectivity index (χ0) is 12.0. The molecule has 0 aliphatic rings. The van der Waals surface area contributed by atoms with E-state index in [0.29, 0.717) is 15.9 Å². The monoisotopic (exact) mass is 244 g/mol.